The van der Waals surface area contributed by atoms with Crippen molar-refractivity contribution in [3.63, 3.8) is 0 Å². The molecule has 2 aromatic carbocycles. The number of hydrogen-bond donors (Lipinski definition) is 0. The van der Waals surface area contributed by atoms with Gasteiger partial charge in [0.1, 0.15) is 0 Å². The molecule has 0 atom stereocenters. The Morgan fingerprint density at radius 2 is 1.71 bits per heavy atom. The third-order valence-electron chi connectivity index (χ3n) is 4.29. The van der Waals surface area contributed by atoms with Crippen LogP contribution in [0.15, 0.2) is 65.6 Å². The van der Waals surface area contributed by atoms with Gasteiger partial charge in [0, 0.05) is 24.7 Å². The van der Waals surface area contributed by atoms with Crippen molar-refractivity contribution in [2.75, 3.05) is 25.4 Å². The van der Waals surface area contributed by atoms with Crippen LogP contribution >= 0.6 is 11.6 Å². The van der Waals surface area contributed by atoms with Crippen molar-refractivity contribution in [2.45, 2.75) is 11.3 Å². The van der Waals surface area contributed by atoms with E-state index in [2.05, 4.69) is 23.1 Å². The van der Waals surface area contributed by atoms with Gasteiger partial charge in [0.2, 0.25) is 0 Å². The Kier molecular flexibility index (Phi) is 5.39. The first kappa shape index (κ1) is 17.2. The summed E-state index contributed by atoms with van der Waals surface area (Å²) in [7, 11) is -3.26. The second-order valence-corrected chi connectivity index (χ2v) is 8.46. The van der Waals surface area contributed by atoms with Crippen molar-refractivity contribution in [1.29, 1.82) is 0 Å². The fourth-order valence-corrected chi connectivity index (χ4v) is 4.25. The van der Waals surface area contributed by atoms with E-state index >= 15 is 0 Å². The molecule has 1 heterocycles. The number of hydrogen-bond acceptors (Lipinski definition) is 3. The molecule has 0 saturated carbocycles. The third kappa shape index (κ3) is 4.26. The zero-order valence-electron chi connectivity index (χ0n) is 13.4. The summed E-state index contributed by atoms with van der Waals surface area (Å²) in [4.78, 5) is 2.52. The predicted octanol–water partition coefficient (Wildman–Crippen LogP) is 3.90. The van der Waals surface area contributed by atoms with Crippen LogP contribution in [0.25, 0.3) is 5.57 Å². The summed E-state index contributed by atoms with van der Waals surface area (Å²) in [6, 6.07) is 16.7. The van der Waals surface area contributed by atoms with E-state index in [1.165, 1.54) is 11.1 Å². The summed E-state index contributed by atoms with van der Waals surface area (Å²) in [6.45, 7) is 2.22. The molecular formula is C19H20ClNO2S. The molecule has 126 valence electrons. The summed E-state index contributed by atoms with van der Waals surface area (Å²) in [6.07, 6.45) is 3.15. The van der Waals surface area contributed by atoms with Gasteiger partial charge in [-0.25, -0.2) is 8.42 Å². The molecule has 3 rings (SSSR count). The summed E-state index contributed by atoms with van der Waals surface area (Å²) in [5, 5.41) is 0.545. The maximum absolute atomic E-state index is 12.4. The van der Waals surface area contributed by atoms with Crippen LogP contribution in [-0.2, 0) is 9.84 Å². The second kappa shape index (κ2) is 7.51. The second-order valence-electron chi connectivity index (χ2n) is 5.92. The van der Waals surface area contributed by atoms with Gasteiger partial charge in [0.05, 0.1) is 10.6 Å². The van der Waals surface area contributed by atoms with Crippen LogP contribution in [0.4, 0.5) is 0 Å². The van der Waals surface area contributed by atoms with Crippen molar-refractivity contribution in [3.8, 4) is 0 Å². The van der Waals surface area contributed by atoms with E-state index in [-0.39, 0.29) is 5.75 Å². The monoisotopic (exact) mass is 361 g/mol. The average molecular weight is 362 g/mol. The van der Waals surface area contributed by atoms with Crippen LogP contribution in [0.3, 0.4) is 0 Å². The molecule has 0 unspecified atom stereocenters. The number of rotatable bonds is 5. The molecule has 24 heavy (non-hydrogen) atoms. The lowest BCUT2D eigenvalue weighted by atomic mass is 10.00. The SMILES string of the molecule is O=S(=O)(CCN1CC=C(c2ccccc2)CC1)c1ccc(Cl)cc1. The number of nitrogens with zero attached hydrogens (tertiary/aromatic N) is 1. The maximum Gasteiger partial charge on any atom is 0.179 e. The molecule has 0 amide bonds. The van der Waals surface area contributed by atoms with Crippen LogP contribution < -0.4 is 0 Å². The van der Waals surface area contributed by atoms with E-state index in [9.17, 15) is 8.42 Å². The molecule has 1 aliphatic heterocycles. The Bertz CT molecular complexity index is 814. The van der Waals surface area contributed by atoms with Crippen LogP contribution in [-0.4, -0.2) is 38.7 Å². The molecule has 0 aromatic heterocycles. The van der Waals surface area contributed by atoms with Crippen molar-refractivity contribution in [1.82, 2.24) is 4.90 Å². The Morgan fingerprint density at radius 1 is 1.00 bits per heavy atom. The first-order valence-corrected chi connectivity index (χ1v) is 10.0. The summed E-state index contributed by atoms with van der Waals surface area (Å²) in [5.41, 5.74) is 2.60. The predicted molar refractivity (Wildman–Crippen MR) is 99.0 cm³/mol. The van der Waals surface area contributed by atoms with Crippen LogP contribution in [0.5, 0.6) is 0 Å². The standard InChI is InChI=1S/C19H20ClNO2S/c20-18-6-8-19(9-7-18)24(22,23)15-14-21-12-10-17(11-13-21)16-4-2-1-3-5-16/h1-10H,11-15H2. The molecular weight excluding hydrogens is 342 g/mol. The highest BCUT2D eigenvalue weighted by atomic mass is 35.5. The Hall–Kier alpha value is -1.62. The number of sulfone groups is 1. The molecule has 3 nitrogen and oxygen atoms in total. The van der Waals surface area contributed by atoms with E-state index in [1.807, 2.05) is 18.2 Å². The largest absolute Gasteiger partial charge is 0.298 e. The van der Waals surface area contributed by atoms with Gasteiger partial charge in [-0.2, -0.15) is 0 Å². The van der Waals surface area contributed by atoms with Gasteiger partial charge in [0.15, 0.2) is 9.84 Å². The average Bonchev–Trinajstić information content (AvgIpc) is 2.62. The summed E-state index contributed by atoms with van der Waals surface area (Å²) < 4.78 is 24.8. The lowest BCUT2D eigenvalue weighted by Crippen LogP contribution is -2.33. The van der Waals surface area contributed by atoms with Crippen LogP contribution in [0.2, 0.25) is 5.02 Å². The van der Waals surface area contributed by atoms with Crippen molar-refractivity contribution < 1.29 is 8.42 Å². The van der Waals surface area contributed by atoms with Gasteiger partial charge >= 0.3 is 0 Å². The molecule has 1 aliphatic rings. The normalized spacial score (nSPS) is 16.0. The third-order valence-corrected chi connectivity index (χ3v) is 6.25. The minimum Gasteiger partial charge on any atom is -0.298 e. The molecule has 0 spiro atoms. The Morgan fingerprint density at radius 3 is 2.33 bits per heavy atom. The minimum atomic E-state index is -3.26. The van der Waals surface area contributed by atoms with Gasteiger partial charge in [0.25, 0.3) is 0 Å². The minimum absolute atomic E-state index is 0.128. The van der Waals surface area contributed by atoms with Gasteiger partial charge < -0.3 is 0 Å². The molecule has 0 N–H and O–H groups in total. The molecule has 0 fully saturated rings. The van der Waals surface area contributed by atoms with E-state index in [1.54, 1.807) is 24.3 Å². The first-order valence-electron chi connectivity index (χ1n) is 8.00. The number of benzene rings is 2. The molecule has 0 aliphatic carbocycles. The molecule has 5 heteroatoms. The Balaban J connectivity index is 1.58. The topological polar surface area (TPSA) is 37.4 Å². The summed E-state index contributed by atoms with van der Waals surface area (Å²) in [5.74, 6) is 0.128. The van der Waals surface area contributed by atoms with Gasteiger partial charge in [-0.3, -0.25) is 4.90 Å². The highest BCUT2D eigenvalue weighted by Crippen LogP contribution is 2.22. The lowest BCUT2D eigenvalue weighted by molar-refractivity contribution is 0.319. The van der Waals surface area contributed by atoms with E-state index < -0.39 is 9.84 Å². The van der Waals surface area contributed by atoms with E-state index in [4.69, 9.17) is 11.6 Å². The quantitative estimate of drug-likeness (QED) is 0.810. The van der Waals surface area contributed by atoms with Gasteiger partial charge in [-0.05, 0) is 41.8 Å². The van der Waals surface area contributed by atoms with Crippen LogP contribution in [0.1, 0.15) is 12.0 Å². The first-order chi connectivity index (χ1) is 11.5. The fraction of sp³-hybridized carbons (Fsp3) is 0.263. The molecule has 0 radical (unpaired) electrons. The van der Waals surface area contributed by atoms with E-state index in [0.717, 1.165) is 19.5 Å². The van der Waals surface area contributed by atoms with Gasteiger partial charge in [-0.15, -0.1) is 0 Å². The highest BCUT2D eigenvalue weighted by molar-refractivity contribution is 7.91. The smallest absolute Gasteiger partial charge is 0.179 e. The van der Waals surface area contributed by atoms with Crippen molar-refractivity contribution in [3.05, 3.63) is 71.3 Å². The maximum atomic E-state index is 12.4. The zero-order valence-corrected chi connectivity index (χ0v) is 14.9. The highest BCUT2D eigenvalue weighted by Gasteiger charge is 2.18. The van der Waals surface area contributed by atoms with Crippen molar-refractivity contribution >= 4 is 27.0 Å². The fourth-order valence-electron chi connectivity index (χ4n) is 2.84. The number of halogens is 1. The van der Waals surface area contributed by atoms with Crippen molar-refractivity contribution in [2.24, 2.45) is 0 Å². The lowest BCUT2D eigenvalue weighted by Gasteiger charge is -2.26. The molecule has 0 saturated heterocycles. The zero-order chi connectivity index (χ0) is 17.0. The Labute approximate surface area is 148 Å². The summed E-state index contributed by atoms with van der Waals surface area (Å²) >= 11 is 5.82. The molecule has 2 aromatic rings. The molecule has 0 bridgehead atoms. The van der Waals surface area contributed by atoms with E-state index in [0.29, 0.717) is 16.5 Å². The van der Waals surface area contributed by atoms with Gasteiger partial charge in [-0.1, -0.05) is 48.0 Å². The van der Waals surface area contributed by atoms with Crippen LogP contribution in [0, 0.1) is 0 Å².